The number of para-hydroxylation sites is 1. The van der Waals surface area contributed by atoms with Crippen LogP contribution in [-0.4, -0.2) is 33.4 Å². The van der Waals surface area contributed by atoms with E-state index in [0.717, 1.165) is 44.4 Å². The molecule has 1 aliphatic heterocycles. The third kappa shape index (κ3) is 5.33. The summed E-state index contributed by atoms with van der Waals surface area (Å²) in [5.74, 6) is 2.51. The Morgan fingerprint density at radius 3 is 2.76 bits per heavy atom. The molecule has 1 saturated heterocycles. The fraction of sp³-hybridized carbons (Fsp3) is 0.667. The predicted molar refractivity (Wildman–Crippen MR) is 86.9 cm³/mol. The van der Waals surface area contributed by atoms with Crippen LogP contribution >= 0.6 is 0 Å². The first-order valence-corrected chi connectivity index (χ1v) is 8.23. The Hall–Kier alpha value is -1.06. The summed E-state index contributed by atoms with van der Waals surface area (Å²) < 4.78 is 11.0. The number of hydrogen-bond acceptors (Lipinski definition) is 3. The van der Waals surface area contributed by atoms with Gasteiger partial charge >= 0.3 is 0 Å². The van der Waals surface area contributed by atoms with E-state index in [2.05, 4.69) is 30.4 Å². The Morgan fingerprint density at radius 1 is 1.29 bits per heavy atom. The summed E-state index contributed by atoms with van der Waals surface area (Å²) >= 11 is 0. The van der Waals surface area contributed by atoms with E-state index >= 15 is 0 Å². The normalized spacial score (nSPS) is 17.6. The fourth-order valence-corrected chi connectivity index (χ4v) is 3.22. The maximum Gasteiger partial charge on any atom is 0.122 e. The van der Waals surface area contributed by atoms with Crippen molar-refractivity contribution in [2.24, 2.45) is 11.8 Å². The van der Waals surface area contributed by atoms with Crippen LogP contribution in [0.25, 0.3) is 0 Å². The lowest BCUT2D eigenvalue weighted by Crippen LogP contribution is -2.28. The lowest BCUT2D eigenvalue weighted by Gasteiger charge is -2.27. The lowest BCUT2D eigenvalue weighted by atomic mass is 9.85. The molecule has 1 unspecified atom stereocenters. The molecule has 1 N–H and O–H groups in total. The second-order valence-corrected chi connectivity index (χ2v) is 5.98. The van der Waals surface area contributed by atoms with Crippen molar-refractivity contribution in [3.05, 3.63) is 29.8 Å². The molecule has 3 nitrogen and oxygen atoms in total. The molecule has 1 aromatic carbocycles. The zero-order valence-corrected chi connectivity index (χ0v) is 13.4. The average Bonchev–Trinajstić information content (AvgIpc) is 2.54. The molecule has 3 heteroatoms. The smallest absolute Gasteiger partial charge is 0.122 e. The van der Waals surface area contributed by atoms with Crippen LogP contribution < -0.4 is 10.1 Å². The molecule has 1 atom stereocenters. The van der Waals surface area contributed by atoms with Crippen LogP contribution in [0.5, 0.6) is 5.75 Å². The van der Waals surface area contributed by atoms with Gasteiger partial charge < -0.3 is 14.8 Å². The summed E-state index contributed by atoms with van der Waals surface area (Å²) in [5.41, 5.74) is 1.33. The number of benzene rings is 1. The molecule has 1 aromatic rings. The summed E-state index contributed by atoms with van der Waals surface area (Å²) in [6.45, 7) is 6.18. The van der Waals surface area contributed by atoms with Crippen LogP contribution in [0.4, 0.5) is 0 Å². The van der Waals surface area contributed by atoms with Gasteiger partial charge in [-0.25, -0.2) is 0 Å². The van der Waals surface area contributed by atoms with Gasteiger partial charge in [-0.05, 0) is 62.2 Å². The van der Waals surface area contributed by atoms with Crippen molar-refractivity contribution < 1.29 is 9.47 Å². The molecule has 118 valence electrons. The highest BCUT2D eigenvalue weighted by atomic mass is 16.5. The largest absolute Gasteiger partial charge is 0.496 e. The fourth-order valence-electron chi connectivity index (χ4n) is 3.22. The quantitative estimate of drug-likeness (QED) is 0.797. The van der Waals surface area contributed by atoms with Gasteiger partial charge in [0.15, 0.2) is 0 Å². The topological polar surface area (TPSA) is 30.5 Å². The number of hydrogen-bond donors (Lipinski definition) is 1. The number of ether oxygens (including phenoxy) is 2. The number of nitrogens with one attached hydrogen (secondary N) is 1. The van der Waals surface area contributed by atoms with Gasteiger partial charge in [0.1, 0.15) is 5.75 Å². The monoisotopic (exact) mass is 291 g/mol. The maximum absolute atomic E-state index is 5.50. The van der Waals surface area contributed by atoms with Crippen LogP contribution in [0.2, 0.25) is 0 Å². The molecule has 2 rings (SSSR count). The molecule has 1 aliphatic rings. The second kappa shape index (κ2) is 9.06. The summed E-state index contributed by atoms with van der Waals surface area (Å²) in [4.78, 5) is 0. The lowest BCUT2D eigenvalue weighted by molar-refractivity contribution is 0.0585. The van der Waals surface area contributed by atoms with Crippen molar-refractivity contribution in [2.45, 2.75) is 32.6 Å². The van der Waals surface area contributed by atoms with Gasteiger partial charge in [-0.3, -0.25) is 0 Å². The minimum absolute atomic E-state index is 0.671. The maximum atomic E-state index is 5.50. The SMILES string of the molecule is CCNCC(Cc1ccccc1OC)CC1CCOCC1. The van der Waals surface area contributed by atoms with Crippen molar-refractivity contribution in [1.29, 1.82) is 0 Å². The van der Waals surface area contributed by atoms with Crippen LogP contribution in [-0.2, 0) is 11.2 Å². The average molecular weight is 291 g/mol. The molecule has 0 radical (unpaired) electrons. The predicted octanol–water partition coefficient (Wildman–Crippen LogP) is 3.28. The second-order valence-electron chi connectivity index (χ2n) is 5.98. The molecular formula is C18H29NO2. The van der Waals surface area contributed by atoms with Crippen molar-refractivity contribution in [3.8, 4) is 5.75 Å². The van der Waals surface area contributed by atoms with Crippen LogP contribution in [0.15, 0.2) is 24.3 Å². The molecule has 0 aromatic heterocycles. The van der Waals surface area contributed by atoms with Crippen molar-refractivity contribution in [2.75, 3.05) is 33.4 Å². The third-order valence-corrected chi connectivity index (χ3v) is 4.39. The van der Waals surface area contributed by atoms with Gasteiger partial charge in [0, 0.05) is 13.2 Å². The molecule has 0 aliphatic carbocycles. The molecule has 1 fully saturated rings. The third-order valence-electron chi connectivity index (χ3n) is 4.39. The van der Waals surface area contributed by atoms with E-state index in [4.69, 9.17) is 9.47 Å². The molecule has 0 saturated carbocycles. The highest BCUT2D eigenvalue weighted by molar-refractivity contribution is 5.33. The highest BCUT2D eigenvalue weighted by Crippen LogP contribution is 2.27. The minimum atomic E-state index is 0.671. The van der Waals surface area contributed by atoms with E-state index in [0.29, 0.717) is 5.92 Å². The van der Waals surface area contributed by atoms with Gasteiger partial charge in [0.2, 0.25) is 0 Å². The highest BCUT2D eigenvalue weighted by Gasteiger charge is 2.20. The summed E-state index contributed by atoms with van der Waals surface area (Å²) in [6, 6.07) is 8.41. The Balaban J connectivity index is 1.97. The van der Waals surface area contributed by atoms with Gasteiger partial charge in [0.25, 0.3) is 0 Å². The molecule has 0 bridgehead atoms. The van der Waals surface area contributed by atoms with E-state index in [-0.39, 0.29) is 0 Å². The zero-order valence-electron chi connectivity index (χ0n) is 13.4. The van der Waals surface area contributed by atoms with Crippen molar-refractivity contribution in [3.63, 3.8) is 0 Å². The van der Waals surface area contributed by atoms with E-state index in [1.165, 1.54) is 24.8 Å². The van der Waals surface area contributed by atoms with E-state index in [9.17, 15) is 0 Å². The van der Waals surface area contributed by atoms with Gasteiger partial charge in [-0.1, -0.05) is 25.1 Å². The molecule has 1 heterocycles. The number of methoxy groups -OCH3 is 1. The number of rotatable bonds is 8. The van der Waals surface area contributed by atoms with Gasteiger partial charge in [-0.15, -0.1) is 0 Å². The zero-order chi connectivity index (χ0) is 14.9. The first-order valence-electron chi connectivity index (χ1n) is 8.23. The van der Waals surface area contributed by atoms with Crippen LogP contribution in [0.1, 0.15) is 31.7 Å². The Labute approximate surface area is 129 Å². The van der Waals surface area contributed by atoms with Crippen molar-refractivity contribution >= 4 is 0 Å². The van der Waals surface area contributed by atoms with Crippen LogP contribution in [0.3, 0.4) is 0 Å². The summed E-state index contributed by atoms with van der Waals surface area (Å²) in [7, 11) is 1.76. The first kappa shape index (κ1) is 16.3. The van der Waals surface area contributed by atoms with E-state index in [1.807, 2.05) is 6.07 Å². The Kier molecular flexibility index (Phi) is 7.04. The molecule has 21 heavy (non-hydrogen) atoms. The molecule has 0 spiro atoms. The Bertz CT molecular complexity index is 402. The van der Waals surface area contributed by atoms with Crippen molar-refractivity contribution in [1.82, 2.24) is 5.32 Å². The standard InChI is InChI=1S/C18H29NO2/c1-3-19-14-16(12-15-8-10-21-11-9-15)13-17-6-4-5-7-18(17)20-2/h4-7,15-16,19H,3,8-14H2,1-2H3. The Morgan fingerprint density at radius 2 is 2.05 bits per heavy atom. The van der Waals surface area contributed by atoms with Gasteiger partial charge in [-0.2, -0.15) is 0 Å². The summed E-state index contributed by atoms with van der Waals surface area (Å²) in [6.07, 6.45) is 4.81. The van der Waals surface area contributed by atoms with E-state index in [1.54, 1.807) is 7.11 Å². The summed E-state index contributed by atoms with van der Waals surface area (Å²) in [5, 5.41) is 3.52. The van der Waals surface area contributed by atoms with Gasteiger partial charge in [0.05, 0.1) is 7.11 Å². The van der Waals surface area contributed by atoms with Crippen LogP contribution in [0, 0.1) is 11.8 Å². The minimum Gasteiger partial charge on any atom is -0.496 e. The molecule has 0 amide bonds. The van der Waals surface area contributed by atoms with E-state index < -0.39 is 0 Å². The first-order chi connectivity index (χ1) is 10.3. The molecular weight excluding hydrogens is 262 g/mol.